The van der Waals surface area contributed by atoms with Crippen molar-refractivity contribution in [2.45, 2.75) is 13.0 Å². The number of ether oxygens (including phenoxy) is 1. The van der Waals surface area contributed by atoms with Crippen LogP contribution in [0.3, 0.4) is 0 Å². The first-order valence-electron chi connectivity index (χ1n) is 5.94. The number of carboxylic acids is 1. The van der Waals surface area contributed by atoms with Crippen LogP contribution in [0.25, 0.3) is 0 Å². The number of thiazole rings is 1. The standard InChI is InChI=1S/C10H15N3O5S2/c1-7(9-11-8(6-19-9)10(14)15)12-20(16,17)13-2-4-18-5-3-13/h6-7,12H,2-5H2,1H3,(H,14,15). The first-order valence-corrected chi connectivity index (χ1v) is 8.26. The molecule has 0 aliphatic carbocycles. The first-order chi connectivity index (χ1) is 9.40. The molecule has 112 valence electrons. The average Bonchev–Trinajstić information content (AvgIpc) is 2.89. The Bertz CT molecular complexity index is 579. The molecule has 0 radical (unpaired) electrons. The van der Waals surface area contributed by atoms with E-state index in [4.69, 9.17) is 9.84 Å². The van der Waals surface area contributed by atoms with Crippen LogP contribution in [-0.4, -0.2) is 55.1 Å². The van der Waals surface area contributed by atoms with E-state index in [9.17, 15) is 13.2 Å². The third kappa shape index (κ3) is 3.52. The molecule has 1 aromatic heterocycles. The molecule has 1 aromatic rings. The third-order valence-corrected chi connectivity index (χ3v) is 5.47. The smallest absolute Gasteiger partial charge is 0.355 e. The van der Waals surface area contributed by atoms with Crippen molar-refractivity contribution >= 4 is 27.5 Å². The molecule has 2 heterocycles. The molecule has 2 N–H and O–H groups in total. The second-order valence-corrected chi connectivity index (χ2v) is 6.82. The van der Waals surface area contributed by atoms with E-state index in [-0.39, 0.29) is 5.69 Å². The molecule has 1 unspecified atom stereocenters. The van der Waals surface area contributed by atoms with Gasteiger partial charge in [-0.3, -0.25) is 0 Å². The average molecular weight is 321 g/mol. The summed E-state index contributed by atoms with van der Waals surface area (Å²) in [7, 11) is -3.62. The summed E-state index contributed by atoms with van der Waals surface area (Å²) in [6.45, 7) is 2.98. The topological polar surface area (TPSA) is 109 Å². The van der Waals surface area contributed by atoms with Gasteiger partial charge >= 0.3 is 5.97 Å². The molecule has 2 rings (SSSR count). The number of carboxylic acid groups (broad SMARTS) is 1. The summed E-state index contributed by atoms with van der Waals surface area (Å²) in [5.74, 6) is -1.13. The highest BCUT2D eigenvalue weighted by molar-refractivity contribution is 7.87. The van der Waals surface area contributed by atoms with Crippen LogP contribution in [-0.2, 0) is 14.9 Å². The minimum absolute atomic E-state index is 0.0811. The van der Waals surface area contributed by atoms with Gasteiger partial charge in [0.15, 0.2) is 5.69 Å². The lowest BCUT2D eigenvalue weighted by molar-refractivity contribution is 0.0691. The van der Waals surface area contributed by atoms with Gasteiger partial charge in [-0.2, -0.15) is 17.4 Å². The zero-order chi connectivity index (χ0) is 14.8. The lowest BCUT2D eigenvalue weighted by Crippen LogP contribution is -2.47. The maximum atomic E-state index is 12.1. The van der Waals surface area contributed by atoms with Crippen molar-refractivity contribution in [3.63, 3.8) is 0 Å². The lowest BCUT2D eigenvalue weighted by atomic mass is 10.4. The molecule has 10 heteroatoms. The van der Waals surface area contributed by atoms with Gasteiger partial charge in [0, 0.05) is 18.5 Å². The van der Waals surface area contributed by atoms with Gasteiger partial charge < -0.3 is 9.84 Å². The monoisotopic (exact) mass is 321 g/mol. The molecule has 1 aliphatic heterocycles. The number of aromatic carboxylic acids is 1. The second kappa shape index (κ2) is 6.14. The molecule has 0 bridgehead atoms. The van der Waals surface area contributed by atoms with Crippen LogP contribution in [0, 0.1) is 0 Å². The van der Waals surface area contributed by atoms with Gasteiger partial charge in [0.05, 0.1) is 19.3 Å². The Labute approximate surface area is 120 Å². The van der Waals surface area contributed by atoms with Crippen molar-refractivity contribution in [1.82, 2.24) is 14.0 Å². The molecular weight excluding hydrogens is 306 g/mol. The number of hydrogen-bond donors (Lipinski definition) is 2. The number of rotatable bonds is 5. The predicted molar refractivity (Wildman–Crippen MR) is 71.9 cm³/mol. The van der Waals surface area contributed by atoms with Crippen LogP contribution >= 0.6 is 11.3 Å². The predicted octanol–water partition coefficient (Wildman–Crippen LogP) is 0.0689. The van der Waals surface area contributed by atoms with Crippen LogP contribution in [0.1, 0.15) is 28.5 Å². The fraction of sp³-hybridized carbons (Fsp3) is 0.600. The number of hydrogen-bond acceptors (Lipinski definition) is 6. The first kappa shape index (κ1) is 15.3. The normalized spacial score (nSPS) is 18.9. The molecule has 0 amide bonds. The SMILES string of the molecule is CC(NS(=O)(=O)N1CCOCC1)c1nc(C(=O)O)cs1. The second-order valence-electron chi connectivity index (χ2n) is 4.23. The van der Waals surface area contributed by atoms with Crippen LogP contribution in [0.15, 0.2) is 5.38 Å². The zero-order valence-electron chi connectivity index (χ0n) is 10.8. The van der Waals surface area contributed by atoms with E-state index >= 15 is 0 Å². The van der Waals surface area contributed by atoms with E-state index in [1.807, 2.05) is 0 Å². The number of nitrogens with zero attached hydrogens (tertiary/aromatic N) is 2. The largest absolute Gasteiger partial charge is 0.476 e. The van der Waals surface area contributed by atoms with Gasteiger partial charge in [-0.25, -0.2) is 9.78 Å². The summed E-state index contributed by atoms with van der Waals surface area (Å²) in [5, 5.41) is 10.6. The Morgan fingerprint density at radius 2 is 2.20 bits per heavy atom. The molecule has 1 aliphatic rings. The van der Waals surface area contributed by atoms with E-state index in [0.29, 0.717) is 31.3 Å². The lowest BCUT2D eigenvalue weighted by Gasteiger charge is -2.27. The highest BCUT2D eigenvalue weighted by Crippen LogP contribution is 2.19. The fourth-order valence-electron chi connectivity index (χ4n) is 1.72. The highest BCUT2D eigenvalue weighted by atomic mass is 32.2. The Morgan fingerprint density at radius 1 is 1.55 bits per heavy atom. The zero-order valence-corrected chi connectivity index (χ0v) is 12.4. The molecule has 1 atom stereocenters. The van der Waals surface area contributed by atoms with Crippen molar-refractivity contribution in [2.75, 3.05) is 26.3 Å². The van der Waals surface area contributed by atoms with Gasteiger partial charge in [0.25, 0.3) is 10.2 Å². The quantitative estimate of drug-likeness (QED) is 0.794. The van der Waals surface area contributed by atoms with Crippen LogP contribution in [0.4, 0.5) is 0 Å². The van der Waals surface area contributed by atoms with E-state index in [1.54, 1.807) is 6.92 Å². The molecule has 1 saturated heterocycles. The molecule has 0 saturated carbocycles. The van der Waals surface area contributed by atoms with Crippen molar-refractivity contribution in [1.29, 1.82) is 0 Å². The molecule has 0 aromatic carbocycles. The van der Waals surface area contributed by atoms with Crippen molar-refractivity contribution in [2.24, 2.45) is 0 Å². The van der Waals surface area contributed by atoms with Gasteiger partial charge in [-0.1, -0.05) is 0 Å². The number of morpholine rings is 1. The Hall–Kier alpha value is -1.07. The van der Waals surface area contributed by atoms with Gasteiger partial charge in [-0.05, 0) is 6.92 Å². The summed E-state index contributed by atoms with van der Waals surface area (Å²) in [5.41, 5.74) is -0.0811. The minimum Gasteiger partial charge on any atom is -0.476 e. The Balaban J connectivity index is 2.05. The summed E-state index contributed by atoms with van der Waals surface area (Å²) >= 11 is 1.11. The molecule has 0 spiro atoms. The van der Waals surface area contributed by atoms with Crippen LogP contribution in [0.2, 0.25) is 0 Å². The van der Waals surface area contributed by atoms with Crippen molar-refractivity contribution < 1.29 is 23.1 Å². The minimum atomic E-state index is -3.62. The Morgan fingerprint density at radius 3 is 2.75 bits per heavy atom. The summed E-state index contributed by atoms with van der Waals surface area (Å²) in [6.07, 6.45) is 0. The Kier molecular flexibility index (Phi) is 4.70. The summed E-state index contributed by atoms with van der Waals surface area (Å²) < 4.78 is 33.2. The maximum Gasteiger partial charge on any atom is 0.355 e. The van der Waals surface area contributed by atoms with E-state index in [0.717, 1.165) is 11.3 Å². The van der Waals surface area contributed by atoms with Gasteiger partial charge in [0.1, 0.15) is 5.01 Å². The van der Waals surface area contributed by atoms with Crippen LogP contribution < -0.4 is 4.72 Å². The van der Waals surface area contributed by atoms with Crippen molar-refractivity contribution in [3.8, 4) is 0 Å². The number of nitrogens with one attached hydrogen (secondary N) is 1. The molecule has 20 heavy (non-hydrogen) atoms. The fourth-order valence-corrected chi connectivity index (χ4v) is 3.93. The highest BCUT2D eigenvalue weighted by Gasteiger charge is 2.27. The van der Waals surface area contributed by atoms with Gasteiger partial charge in [-0.15, -0.1) is 11.3 Å². The van der Waals surface area contributed by atoms with E-state index in [2.05, 4.69) is 9.71 Å². The van der Waals surface area contributed by atoms with Crippen molar-refractivity contribution in [3.05, 3.63) is 16.1 Å². The third-order valence-electron chi connectivity index (χ3n) is 2.75. The number of aromatic nitrogens is 1. The number of carbonyl (C=O) groups is 1. The van der Waals surface area contributed by atoms with Crippen LogP contribution in [0.5, 0.6) is 0 Å². The van der Waals surface area contributed by atoms with E-state index in [1.165, 1.54) is 9.69 Å². The summed E-state index contributed by atoms with van der Waals surface area (Å²) in [6, 6.07) is -0.582. The molecular formula is C10H15N3O5S2. The molecule has 1 fully saturated rings. The summed E-state index contributed by atoms with van der Waals surface area (Å²) in [4.78, 5) is 14.6. The maximum absolute atomic E-state index is 12.1. The molecule has 8 nitrogen and oxygen atoms in total. The van der Waals surface area contributed by atoms with E-state index < -0.39 is 22.2 Å². The van der Waals surface area contributed by atoms with Gasteiger partial charge in [0.2, 0.25) is 0 Å².